The maximum absolute atomic E-state index is 14.0. The molecule has 0 fully saturated rings. The molecule has 49 heavy (non-hydrogen) atoms. The fraction of sp³-hybridized carbons (Fsp3) is 0.212. The van der Waals surface area contributed by atoms with Crippen LogP contribution in [0, 0.1) is 0 Å². The van der Waals surface area contributed by atoms with Crippen LogP contribution >= 0.6 is 11.6 Å². The number of nitrogens with zero attached hydrogens (tertiary/aromatic N) is 5. The van der Waals surface area contributed by atoms with E-state index in [1.807, 2.05) is 0 Å². The largest absolute Gasteiger partial charge is 0.478 e. The fourth-order valence-corrected chi connectivity index (χ4v) is 5.47. The van der Waals surface area contributed by atoms with Gasteiger partial charge >= 0.3 is 18.0 Å². The number of carboxylic acids is 1. The molecular weight excluding hydrogens is 656 g/mol. The number of carboxylic acid groups (broad SMARTS) is 1. The molecule has 0 saturated carbocycles. The average Bonchev–Trinajstić information content (AvgIpc) is 3.62. The highest BCUT2D eigenvalue weighted by molar-refractivity contribution is 6.30. The Balaban J connectivity index is 1.43. The van der Waals surface area contributed by atoms with E-state index in [2.05, 4.69) is 31.5 Å². The Morgan fingerprint density at radius 1 is 1.06 bits per heavy atom. The van der Waals surface area contributed by atoms with E-state index in [-0.39, 0.29) is 31.7 Å². The van der Waals surface area contributed by atoms with E-state index in [1.54, 1.807) is 49.4 Å². The molecule has 16 heteroatoms. The van der Waals surface area contributed by atoms with Crippen LogP contribution in [0.3, 0.4) is 0 Å². The molecule has 4 N–H and O–H groups in total. The molecule has 0 bridgehead atoms. The minimum Gasteiger partial charge on any atom is -0.478 e. The van der Waals surface area contributed by atoms with E-state index in [1.165, 1.54) is 46.3 Å². The Hall–Kier alpha value is -6.09. The topological polar surface area (TPSA) is 198 Å². The standard InChI is InChI=1S/C33H31ClN8O7/c1-2-49-29(44)14-16-35-33(48)38-26-5-3-4-25-24(26)15-17-41(30(25)31(45)37-23-10-6-20(7-11-23)32(46)47)28(43)13-8-21-18-22(34)9-12-27(21)42-19-36-39-40-42/h3-13,18-19,30H,2,14-17H2,1H3,(H,37,45)(H,46,47)(H2,35,38,48)/b13-8+. The number of ether oxygens (including phenoxy) is 1. The Bertz CT molecular complexity index is 1900. The van der Waals surface area contributed by atoms with Gasteiger partial charge in [-0.15, -0.1) is 5.10 Å². The van der Waals surface area contributed by atoms with Crippen molar-refractivity contribution in [1.82, 2.24) is 30.4 Å². The van der Waals surface area contributed by atoms with Crippen molar-refractivity contribution in [3.05, 3.63) is 100 Å². The molecule has 15 nitrogen and oxygen atoms in total. The average molecular weight is 687 g/mol. The number of urea groups is 1. The second-order valence-electron chi connectivity index (χ2n) is 10.7. The van der Waals surface area contributed by atoms with Crippen LogP contribution in [-0.4, -0.2) is 79.7 Å². The number of amides is 4. The number of aromatic nitrogens is 4. The number of aromatic carboxylic acids is 1. The minimum absolute atomic E-state index is 0.000831. The first-order valence-corrected chi connectivity index (χ1v) is 15.5. The van der Waals surface area contributed by atoms with Gasteiger partial charge in [-0.3, -0.25) is 14.4 Å². The summed E-state index contributed by atoms with van der Waals surface area (Å²) in [5.41, 5.74) is 3.04. The highest BCUT2D eigenvalue weighted by Gasteiger charge is 2.36. The highest BCUT2D eigenvalue weighted by atomic mass is 35.5. The smallest absolute Gasteiger partial charge is 0.335 e. The van der Waals surface area contributed by atoms with E-state index in [4.69, 9.17) is 16.3 Å². The maximum Gasteiger partial charge on any atom is 0.335 e. The molecule has 1 atom stereocenters. The van der Waals surface area contributed by atoms with Crippen molar-refractivity contribution in [3.63, 3.8) is 0 Å². The zero-order valence-corrected chi connectivity index (χ0v) is 26.9. The Morgan fingerprint density at radius 2 is 1.86 bits per heavy atom. The van der Waals surface area contributed by atoms with Gasteiger partial charge < -0.3 is 30.7 Å². The predicted molar refractivity (Wildman–Crippen MR) is 178 cm³/mol. The van der Waals surface area contributed by atoms with Gasteiger partial charge in [-0.25, -0.2) is 9.59 Å². The monoisotopic (exact) mass is 686 g/mol. The number of carbonyl (C=O) groups excluding carboxylic acids is 4. The highest BCUT2D eigenvalue weighted by Crippen LogP contribution is 2.35. The van der Waals surface area contributed by atoms with Crippen molar-refractivity contribution in [2.75, 3.05) is 30.3 Å². The second kappa shape index (κ2) is 15.7. The van der Waals surface area contributed by atoms with Crippen molar-refractivity contribution < 1.29 is 33.8 Å². The molecule has 0 spiro atoms. The normalized spacial score (nSPS) is 13.8. The minimum atomic E-state index is -1.13. The fourth-order valence-electron chi connectivity index (χ4n) is 5.29. The maximum atomic E-state index is 14.0. The molecular formula is C33H31ClN8O7. The number of halogens is 1. The van der Waals surface area contributed by atoms with Crippen molar-refractivity contribution >= 4 is 58.8 Å². The van der Waals surface area contributed by atoms with Gasteiger partial charge in [0.25, 0.3) is 5.91 Å². The summed E-state index contributed by atoms with van der Waals surface area (Å²) < 4.78 is 6.30. The van der Waals surface area contributed by atoms with Gasteiger partial charge in [0.1, 0.15) is 12.4 Å². The van der Waals surface area contributed by atoms with Gasteiger partial charge in [-0.2, -0.15) is 4.68 Å². The second-order valence-corrected chi connectivity index (χ2v) is 11.1. The number of rotatable bonds is 11. The van der Waals surface area contributed by atoms with E-state index in [0.29, 0.717) is 45.2 Å². The Labute approximate surface area is 284 Å². The number of esters is 1. The molecule has 1 unspecified atom stereocenters. The summed E-state index contributed by atoms with van der Waals surface area (Å²) in [6.45, 7) is 2.10. The third kappa shape index (κ3) is 8.44. The van der Waals surface area contributed by atoms with Gasteiger partial charge in [0.2, 0.25) is 5.91 Å². The first-order valence-electron chi connectivity index (χ1n) is 15.1. The summed E-state index contributed by atoms with van der Waals surface area (Å²) in [6, 6.07) is 14.0. The first-order chi connectivity index (χ1) is 23.6. The number of anilines is 2. The molecule has 1 aliphatic rings. The van der Waals surface area contributed by atoms with Crippen LogP contribution in [0.25, 0.3) is 11.8 Å². The van der Waals surface area contributed by atoms with Crippen molar-refractivity contribution in [3.8, 4) is 5.69 Å². The lowest BCUT2D eigenvalue weighted by molar-refractivity contribution is -0.142. The van der Waals surface area contributed by atoms with Gasteiger partial charge in [0, 0.05) is 41.1 Å². The predicted octanol–water partition coefficient (Wildman–Crippen LogP) is 3.87. The van der Waals surface area contributed by atoms with Crippen LogP contribution in [0.1, 0.15) is 46.4 Å². The molecule has 2 heterocycles. The summed E-state index contributed by atoms with van der Waals surface area (Å²) in [7, 11) is 0. The molecule has 1 aromatic heterocycles. The van der Waals surface area contributed by atoms with Crippen LogP contribution in [0.4, 0.5) is 16.2 Å². The zero-order valence-electron chi connectivity index (χ0n) is 26.1. The summed E-state index contributed by atoms with van der Waals surface area (Å²) in [5, 5.41) is 29.1. The lowest BCUT2D eigenvalue weighted by atomic mass is 9.90. The first kappa shape index (κ1) is 34.3. The molecule has 0 radical (unpaired) electrons. The van der Waals surface area contributed by atoms with Crippen molar-refractivity contribution in [2.45, 2.75) is 25.8 Å². The van der Waals surface area contributed by atoms with E-state index < -0.39 is 35.8 Å². The van der Waals surface area contributed by atoms with E-state index in [9.17, 15) is 29.1 Å². The summed E-state index contributed by atoms with van der Waals surface area (Å²) in [5.74, 6) is -2.59. The Kier molecular flexibility index (Phi) is 11.0. The molecule has 4 amide bonds. The van der Waals surface area contributed by atoms with Gasteiger partial charge in [-0.05, 0) is 89.5 Å². The Morgan fingerprint density at radius 3 is 2.57 bits per heavy atom. The van der Waals surface area contributed by atoms with Crippen LogP contribution in [-0.2, 0) is 25.5 Å². The molecule has 5 rings (SSSR count). The molecule has 4 aromatic rings. The molecule has 0 saturated heterocycles. The molecule has 0 aliphatic carbocycles. The number of benzene rings is 3. The molecule has 252 valence electrons. The van der Waals surface area contributed by atoms with Gasteiger partial charge in [0.15, 0.2) is 0 Å². The summed E-state index contributed by atoms with van der Waals surface area (Å²) in [4.78, 5) is 64.9. The van der Waals surface area contributed by atoms with E-state index in [0.717, 1.165) is 0 Å². The summed E-state index contributed by atoms with van der Waals surface area (Å²) in [6.07, 6.45) is 4.59. The quantitative estimate of drug-likeness (QED) is 0.133. The SMILES string of the molecule is CCOC(=O)CCNC(=O)Nc1cccc2c1CCN(C(=O)/C=C/c1cc(Cl)ccc1-n1cnnn1)C2C(=O)Nc1ccc(C(=O)O)cc1. The lowest BCUT2D eigenvalue weighted by Gasteiger charge is -2.36. The number of fused-ring (bicyclic) bond motifs is 1. The van der Waals surface area contributed by atoms with Crippen LogP contribution in [0.5, 0.6) is 0 Å². The zero-order chi connectivity index (χ0) is 34.9. The molecule has 3 aromatic carbocycles. The summed E-state index contributed by atoms with van der Waals surface area (Å²) >= 11 is 6.24. The van der Waals surface area contributed by atoms with Crippen LogP contribution < -0.4 is 16.0 Å². The van der Waals surface area contributed by atoms with Gasteiger partial charge in [0.05, 0.1) is 24.3 Å². The van der Waals surface area contributed by atoms with Crippen LogP contribution in [0.15, 0.2) is 73.1 Å². The third-order valence-corrected chi connectivity index (χ3v) is 7.75. The van der Waals surface area contributed by atoms with Gasteiger partial charge in [-0.1, -0.05) is 23.7 Å². The number of carbonyl (C=O) groups is 5. The van der Waals surface area contributed by atoms with Crippen molar-refractivity contribution in [2.24, 2.45) is 0 Å². The number of hydrogen-bond donors (Lipinski definition) is 4. The van der Waals surface area contributed by atoms with E-state index >= 15 is 0 Å². The van der Waals surface area contributed by atoms with Crippen molar-refractivity contribution in [1.29, 1.82) is 0 Å². The molecule has 1 aliphatic heterocycles. The third-order valence-electron chi connectivity index (χ3n) is 7.51. The number of hydrogen-bond acceptors (Lipinski definition) is 9. The number of tetrazole rings is 1. The number of nitrogens with one attached hydrogen (secondary N) is 3. The van der Waals surface area contributed by atoms with Crippen LogP contribution in [0.2, 0.25) is 5.02 Å². The lowest BCUT2D eigenvalue weighted by Crippen LogP contribution is -2.45.